The van der Waals surface area contributed by atoms with Gasteiger partial charge in [-0.05, 0) is 95.7 Å². The molecule has 10 aromatic rings. The maximum Gasteiger partial charge on any atom is 0.0541 e. The molecule has 10 rings (SSSR count). The van der Waals surface area contributed by atoms with Crippen LogP contribution in [0.1, 0.15) is 22.3 Å². The Kier molecular flexibility index (Phi) is 6.99. The zero-order valence-electron chi connectivity index (χ0n) is 28.2. The lowest BCUT2D eigenvalue weighted by molar-refractivity contribution is 1.18. The molecule has 0 bridgehead atoms. The molecule has 240 valence electrons. The molecule has 0 amide bonds. The number of nitrogens with zero attached hydrogens (tertiary/aromatic N) is 2. The van der Waals surface area contributed by atoms with Crippen LogP contribution in [-0.2, 0) is 0 Å². The molecular formula is C50H30N2. The smallest absolute Gasteiger partial charge is 0.0541 e. The van der Waals surface area contributed by atoms with Crippen molar-refractivity contribution in [1.29, 1.82) is 0 Å². The summed E-state index contributed by atoms with van der Waals surface area (Å²) < 4.78 is 4.66. The third-order valence-electron chi connectivity index (χ3n) is 10.0. The first-order chi connectivity index (χ1) is 25.8. The molecule has 0 aliphatic rings. The van der Waals surface area contributed by atoms with Crippen molar-refractivity contribution in [1.82, 2.24) is 9.13 Å². The average molecular weight is 659 g/mol. The fourth-order valence-corrected chi connectivity index (χ4v) is 7.59. The van der Waals surface area contributed by atoms with E-state index in [4.69, 9.17) is 0 Å². The third-order valence-corrected chi connectivity index (χ3v) is 10.0. The standard InChI is InChI=1S/C50H30N2/c1-2-12-42-38(28-22-36-25-33-40(34-26-36)52-49-19-9-5-15-45(49)46-16-6-10-20-50(46)52)30-29-37(41(42)11-1)27-21-35-23-31-39(32-24-35)51-47-17-7-3-13-43(47)44-14-4-8-18-48(44)51/h1-20,23-26,29-34H. The molecule has 0 spiro atoms. The highest BCUT2D eigenvalue weighted by atomic mass is 15.0. The van der Waals surface area contributed by atoms with Gasteiger partial charge in [-0.15, -0.1) is 0 Å². The van der Waals surface area contributed by atoms with Gasteiger partial charge in [0.1, 0.15) is 0 Å². The van der Waals surface area contributed by atoms with Crippen LogP contribution in [0, 0.1) is 23.7 Å². The Bertz CT molecular complexity index is 2790. The maximum absolute atomic E-state index is 3.46. The number of aromatic nitrogens is 2. The molecule has 0 saturated heterocycles. The second-order valence-corrected chi connectivity index (χ2v) is 13.0. The largest absolute Gasteiger partial charge is 0.309 e. The van der Waals surface area contributed by atoms with E-state index < -0.39 is 0 Å². The summed E-state index contributed by atoms with van der Waals surface area (Å²) in [6.07, 6.45) is 0. The molecule has 8 aromatic carbocycles. The highest BCUT2D eigenvalue weighted by molar-refractivity contribution is 6.10. The fraction of sp³-hybridized carbons (Fsp3) is 0. The molecule has 2 nitrogen and oxygen atoms in total. The summed E-state index contributed by atoms with van der Waals surface area (Å²) in [5.74, 6) is 13.7. The van der Waals surface area contributed by atoms with Crippen LogP contribution in [0.5, 0.6) is 0 Å². The molecule has 0 aliphatic carbocycles. The summed E-state index contributed by atoms with van der Waals surface area (Å²) in [7, 11) is 0. The number of para-hydroxylation sites is 4. The van der Waals surface area contributed by atoms with E-state index in [0.717, 1.165) is 44.4 Å². The van der Waals surface area contributed by atoms with Crippen molar-refractivity contribution in [3.63, 3.8) is 0 Å². The average Bonchev–Trinajstić information content (AvgIpc) is 3.73. The van der Waals surface area contributed by atoms with E-state index in [2.05, 4.69) is 215 Å². The normalized spacial score (nSPS) is 11.2. The molecule has 0 saturated carbocycles. The van der Waals surface area contributed by atoms with Crippen LogP contribution >= 0.6 is 0 Å². The van der Waals surface area contributed by atoms with Gasteiger partial charge >= 0.3 is 0 Å². The predicted octanol–water partition coefficient (Wildman–Crippen LogP) is 11.8. The molecule has 2 heterocycles. The first kappa shape index (κ1) is 29.6. The van der Waals surface area contributed by atoms with E-state index in [-0.39, 0.29) is 0 Å². The van der Waals surface area contributed by atoms with Crippen molar-refractivity contribution in [2.24, 2.45) is 0 Å². The molecule has 0 atom stereocenters. The Labute approximate surface area is 301 Å². The summed E-state index contributed by atoms with van der Waals surface area (Å²) in [4.78, 5) is 0. The van der Waals surface area contributed by atoms with Crippen molar-refractivity contribution in [3.8, 4) is 35.1 Å². The van der Waals surface area contributed by atoms with Crippen LogP contribution in [0.2, 0.25) is 0 Å². The lowest BCUT2D eigenvalue weighted by atomic mass is 9.99. The molecular weight excluding hydrogens is 629 g/mol. The van der Waals surface area contributed by atoms with Gasteiger partial charge in [-0.2, -0.15) is 0 Å². The van der Waals surface area contributed by atoms with Crippen LogP contribution in [0.4, 0.5) is 0 Å². The zero-order chi connectivity index (χ0) is 34.4. The van der Waals surface area contributed by atoms with Crippen LogP contribution in [0.25, 0.3) is 65.8 Å². The minimum absolute atomic E-state index is 0.974. The van der Waals surface area contributed by atoms with Crippen molar-refractivity contribution in [2.45, 2.75) is 0 Å². The van der Waals surface area contributed by atoms with Crippen molar-refractivity contribution in [2.75, 3.05) is 0 Å². The summed E-state index contributed by atoms with van der Waals surface area (Å²) in [5.41, 5.74) is 11.0. The summed E-state index contributed by atoms with van der Waals surface area (Å²) >= 11 is 0. The van der Waals surface area contributed by atoms with Crippen molar-refractivity contribution in [3.05, 3.63) is 204 Å². The van der Waals surface area contributed by atoms with Gasteiger partial charge in [0.2, 0.25) is 0 Å². The first-order valence-corrected chi connectivity index (χ1v) is 17.5. The van der Waals surface area contributed by atoms with Crippen molar-refractivity contribution < 1.29 is 0 Å². The number of rotatable bonds is 2. The van der Waals surface area contributed by atoms with Crippen LogP contribution in [-0.4, -0.2) is 9.13 Å². The molecule has 0 fully saturated rings. The van der Waals surface area contributed by atoms with Gasteiger partial charge in [0.05, 0.1) is 22.1 Å². The number of hydrogen-bond acceptors (Lipinski definition) is 0. The van der Waals surface area contributed by atoms with E-state index in [0.29, 0.717) is 0 Å². The van der Waals surface area contributed by atoms with Crippen LogP contribution in [0.3, 0.4) is 0 Å². The molecule has 2 heteroatoms. The van der Waals surface area contributed by atoms with E-state index in [9.17, 15) is 0 Å². The van der Waals surface area contributed by atoms with Gasteiger partial charge < -0.3 is 9.13 Å². The summed E-state index contributed by atoms with van der Waals surface area (Å²) in [5, 5.41) is 7.24. The molecule has 0 unspecified atom stereocenters. The van der Waals surface area contributed by atoms with Gasteiger partial charge in [-0.1, -0.05) is 121 Å². The van der Waals surface area contributed by atoms with E-state index in [1.807, 2.05) is 0 Å². The predicted molar refractivity (Wildman–Crippen MR) is 217 cm³/mol. The van der Waals surface area contributed by atoms with Gasteiger partial charge in [-0.25, -0.2) is 0 Å². The fourth-order valence-electron chi connectivity index (χ4n) is 7.59. The van der Waals surface area contributed by atoms with Crippen LogP contribution < -0.4 is 0 Å². The van der Waals surface area contributed by atoms with Gasteiger partial charge in [0.25, 0.3) is 0 Å². The highest BCUT2D eigenvalue weighted by Crippen LogP contribution is 2.33. The lowest BCUT2D eigenvalue weighted by Crippen LogP contribution is -1.93. The van der Waals surface area contributed by atoms with E-state index in [1.54, 1.807) is 0 Å². The number of benzene rings is 8. The number of fused-ring (bicyclic) bond motifs is 7. The van der Waals surface area contributed by atoms with Crippen molar-refractivity contribution >= 4 is 54.4 Å². The van der Waals surface area contributed by atoms with Gasteiger partial charge in [-0.3, -0.25) is 0 Å². The Morgan fingerprint density at radius 3 is 0.865 bits per heavy atom. The minimum atomic E-state index is 0.974. The molecule has 2 aromatic heterocycles. The Balaban J connectivity index is 0.943. The quantitative estimate of drug-likeness (QED) is 0.164. The summed E-state index contributed by atoms with van der Waals surface area (Å²) in [6.45, 7) is 0. The SMILES string of the molecule is C(#Cc1ccc(C#Cc2ccc(-n3c4ccccc4c4ccccc43)cc2)c2ccccc12)c1ccc(-n2c3ccccc3c3ccccc32)cc1. The summed E-state index contributed by atoms with van der Waals surface area (Å²) in [6, 6.07) is 64.0. The molecule has 0 radical (unpaired) electrons. The monoisotopic (exact) mass is 658 g/mol. The number of hydrogen-bond donors (Lipinski definition) is 0. The second kappa shape index (κ2) is 12.3. The van der Waals surface area contributed by atoms with Crippen LogP contribution in [0.15, 0.2) is 182 Å². The Morgan fingerprint density at radius 1 is 0.250 bits per heavy atom. The Hall–Kier alpha value is -7.26. The van der Waals surface area contributed by atoms with Gasteiger partial charge in [0.15, 0.2) is 0 Å². The van der Waals surface area contributed by atoms with Gasteiger partial charge in [0, 0.05) is 55.2 Å². The molecule has 52 heavy (non-hydrogen) atoms. The third kappa shape index (κ3) is 4.94. The minimum Gasteiger partial charge on any atom is -0.309 e. The van der Waals surface area contributed by atoms with E-state index >= 15 is 0 Å². The second-order valence-electron chi connectivity index (χ2n) is 13.0. The zero-order valence-corrected chi connectivity index (χ0v) is 28.2. The maximum atomic E-state index is 3.46. The first-order valence-electron chi connectivity index (χ1n) is 17.5. The topological polar surface area (TPSA) is 9.86 Å². The highest BCUT2D eigenvalue weighted by Gasteiger charge is 2.12. The lowest BCUT2D eigenvalue weighted by Gasteiger charge is -2.08. The van der Waals surface area contributed by atoms with E-state index in [1.165, 1.54) is 43.6 Å². The Morgan fingerprint density at radius 2 is 0.538 bits per heavy atom. The molecule has 0 aliphatic heterocycles. The molecule has 0 N–H and O–H groups in total.